The molecule has 0 saturated heterocycles. The number of carbonyl (C=O) groups is 2. The zero-order valence-electron chi connectivity index (χ0n) is 18.0. The Balaban J connectivity index is 1.80. The first-order valence-corrected chi connectivity index (χ1v) is 11.9. The fourth-order valence-corrected chi connectivity index (χ4v) is 4.56. The quantitative estimate of drug-likeness (QED) is 0.470. The van der Waals surface area contributed by atoms with Gasteiger partial charge in [-0.3, -0.25) is 9.59 Å². The lowest BCUT2D eigenvalue weighted by Gasteiger charge is -2.31. The van der Waals surface area contributed by atoms with Gasteiger partial charge in [0.15, 0.2) is 6.61 Å². The maximum absolute atomic E-state index is 13.3. The summed E-state index contributed by atoms with van der Waals surface area (Å²) in [6.45, 7) is 1.80. The molecule has 0 bridgehead atoms. The van der Waals surface area contributed by atoms with E-state index in [0.717, 1.165) is 25.7 Å². The Hall–Kier alpha value is -1.95. The van der Waals surface area contributed by atoms with Crippen molar-refractivity contribution in [1.82, 2.24) is 10.2 Å². The Morgan fingerprint density at radius 2 is 1.81 bits per heavy atom. The Labute approximate surface area is 204 Å². The number of benzene rings is 2. The van der Waals surface area contributed by atoms with E-state index >= 15 is 0 Å². The predicted molar refractivity (Wildman–Crippen MR) is 128 cm³/mol. The van der Waals surface area contributed by atoms with Crippen LogP contribution in [0.1, 0.15) is 44.6 Å². The smallest absolute Gasteiger partial charge is 0.261 e. The molecule has 5 nitrogen and oxygen atoms in total. The van der Waals surface area contributed by atoms with Crippen LogP contribution in [0.25, 0.3) is 0 Å². The Morgan fingerprint density at radius 3 is 2.47 bits per heavy atom. The minimum absolute atomic E-state index is 0.157. The average Bonchev–Trinajstić information content (AvgIpc) is 3.27. The van der Waals surface area contributed by atoms with Gasteiger partial charge in [0.25, 0.3) is 5.91 Å². The molecular formula is C24H27Cl3N2O3. The second kappa shape index (κ2) is 11.8. The molecular weight excluding hydrogens is 471 g/mol. The number of carbonyl (C=O) groups excluding carboxylic acids is 2. The maximum Gasteiger partial charge on any atom is 0.261 e. The third-order valence-corrected chi connectivity index (χ3v) is 6.53. The zero-order valence-corrected chi connectivity index (χ0v) is 20.2. The molecule has 0 heterocycles. The maximum atomic E-state index is 13.3. The van der Waals surface area contributed by atoms with E-state index in [4.69, 9.17) is 39.5 Å². The van der Waals surface area contributed by atoms with Crippen LogP contribution in [0.4, 0.5) is 0 Å². The Morgan fingerprint density at radius 1 is 1.09 bits per heavy atom. The summed E-state index contributed by atoms with van der Waals surface area (Å²) < 4.78 is 5.67. The summed E-state index contributed by atoms with van der Waals surface area (Å²) in [7, 11) is 0. The summed E-state index contributed by atoms with van der Waals surface area (Å²) in [6.07, 6.45) is 4.61. The second-order valence-corrected chi connectivity index (χ2v) is 9.14. The van der Waals surface area contributed by atoms with Gasteiger partial charge in [-0.2, -0.15) is 0 Å². The first-order valence-electron chi connectivity index (χ1n) is 10.8. The van der Waals surface area contributed by atoms with Gasteiger partial charge in [-0.15, -0.1) is 0 Å². The number of nitrogens with one attached hydrogen (secondary N) is 1. The molecule has 1 aliphatic rings. The highest BCUT2D eigenvalue weighted by atomic mass is 35.5. The van der Waals surface area contributed by atoms with Gasteiger partial charge in [0.2, 0.25) is 5.91 Å². The normalized spacial score (nSPS) is 14.8. The fraction of sp³-hybridized carbons (Fsp3) is 0.417. The van der Waals surface area contributed by atoms with E-state index in [1.54, 1.807) is 42.5 Å². The highest BCUT2D eigenvalue weighted by Crippen LogP contribution is 2.26. The number of amides is 2. The summed E-state index contributed by atoms with van der Waals surface area (Å²) in [5, 5.41) is 4.47. The second-order valence-electron chi connectivity index (χ2n) is 7.89. The van der Waals surface area contributed by atoms with Crippen LogP contribution in [0.3, 0.4) is 0 Å². The summed E-state index contributed by atoms with van der Waals surface area (Å²) in [5.41, 5.74) is 0.703. The highest BCUT2D eigenvalue weighted by molar-refractivity contribution is 6.35. The van der Waals surface area contributed by atoms with E-state index in [-0.39, 0.29) is 31.0 Å². The van der Waals surface area contributed by atoms with Crippen LogP contribution in [0.5, 0.6) is 5.75 Å². The average molecular weight is 498 g/mol. The molecule has 2 aromatic rings. The van der Waals surface area contributed by atoms with E-state index in [0.29, 0.717) is 32.8 Å². The van der Waals surface area contributed by atoms with Crippen LogP contribution >= 0.6 is 34.8 Å². The molecule has 0 unspecified atom stereocenters. The topological polar surface area (TPSA) is 58.6 Å². The number of hydrogen-bond acceptors (Lipinski definition) is 3. The molecule has 0 radical (unpaired) electrons. The molecule has 32 heavy (non-hydrogen) atoms. The lowest BCUT2D eigenvalue weighted by Crippen LogP contribution is -2.52. The predicted octanol–water partition coefficient (Wildman–Crippen LogP) is 5.89. The molecule has 1 saturated carbocycles. The number of halogens is 3. The van der Waals surface area contributed by atoms with Crippen LogP contribution in [0.15, 0.2) is 42.5 Å². The van der Waals surface area contributed by atoms with Gasteiger partial charge < -0.3 is 15.0 Å². The van der Waals surface area contributed by atoms with Gasteiger partial charge in [-0.1, -0.05) is 72.8 Å². The van der Waals surface area contributed by atoms with Crippen LogP contribution in [0.2, 0.25) is 15.1 Å². The molecule has 1 aliphatic carbocycles. The van der Waals surface area contributed by atoms with E-state index in [9.17, 15) is 9.59 Å². The summed E-state index contributed by atoms with van der Waals surface area (Å²) >= 11 is 18.5. The molecule has 0 aliphatic heterocycles. The highest BCUT2D eigenvalue weighted by Gasteiger charge is 2.31. The van der Waals surface area contributed by atoms with Gasteiger partial charge in [-0.05, 0) is 49.1 Å². The minimum atomic E-state index is -0.648. The number of hydrogen-bond donors (Lipinski definition) is 1. The van der Waals surface area contributed by atoms with Crippen LogP contribution < -0.4 is 10.1 Å². The molecule has 8 heteroatoms. The molecule has 1 N–H and O–H groups in total. The fourth-order valence-electron chi connectivity index (χ4n) is 3.90. The monoisotopic (exact) mass is 496 g/mol. The van der Waals surface area contributed by atoms with Crippen LogP contribution in [-0.4, -0.2) is 35.4 Å². The third-order valence-electron chi connectivity index (χ3n) is 5.63. The number of para-hydroxylation sites is 1. The van der Waals surface area contributed by atoms with E-state index < -0.39 is 6.04 Å². The van der Waals surface area contributed by atoms with Gasteiger partial charge in [0.1, 0.15) is 11.8 Å². The Bertz CT molecular complexity index is 948. The van der Waals surface area contributed by atoms with E-state index in [1.807, 2.05) is 6.92 Å². The van der Waals surface area contributed by atoms with Gasteiger partial charge in [0.05, 0.1) is 5.02 Å². The SMILES string of the molecule is CC[C@H](C(=O)NC1CCCC1)N(Cc1ccc(Cl)cc1Cl)C(=O)COc1ccccc1Cl. The summed E-state index contributed by atoms with van der Waals surface area (Å²) in [5.74, 6) is -0.0737. The standard InChI is InChI=1S/C24H27Cl3N2O3/c1-2-21(24(31)28-18-7-3-4-8-18)29(14-16-11-12-17(25)13-20(16)27)23(30)15-32-22-10-6-5-9-19(22)26/h5-6,9-13,18,21H,2-4,7-8,14-15H2,1H3,(H,28,31)/t21-/m1/s1. The molecule has 3 rings (SSSR count). The van der Waals surface area contributed by atoms with E-state index in [2.05, 4.69) is 5.32 Å². The first-order chi connectivity index (χ1) is 15.4. The van der Waals surface area contributed by atoms with E-state index in [1.165, 1.54) is 4.90 Å². The number of nitrogens with zero attached hydrogens (tertiary/aromatic N) is 1. The van der Waals surface area contributed by atoms with Crippen LogP contribution in [-0.2, 0) is 16.1 Å². The van der Waals surface area contributed by atoms with Crippen molar-refractivity contribution >= 4 is 46.6 Å². The van der Waals surface area contributed by atoms with Crippen molar-refractivity contribution in [2.75, 3.05) is 6.61 Å². The molecule has 0 aromatic heterocycles. The van der Waals surface area contributed by atoms with Crippen molar-refractivity contribution in [3.63, 3.8) is 0 Å². The minimum Gasteiger partial charge on any atom is -0.482 e. The van der Waals surface area contributed by atoms with Crippen LogP contribution in [0, 0.1) is 0 Å². The van der Waals surface area contributed by atoms with Gasteiger partial charge in [0, 0.05) is 22.6 Å². The molecule has 1 fully saturated rings. The van der Waals surface area contributed by atoms with Crippen molar-refractivity contribution < 1.29 is 14.3 Å². The molecule has 0 spiro atoms. The van der Waals surface area contributed by atoms with Crippen molar-refractivity contribution in [1.29, 1.82) is 0 Å². The number of ether oxygens (including phenoxy) is 1. The van der Waals surface area contributed by atoms with Crippen molar-refractivity contribution in [2.45, 2.75) is 57.7 Å². The largest absolute Gasteiger partial charge is 0.482 e. The first kappa shape index (κ1) is 24.7. The number of rotatable bonds is 9. The van der Waals surface area contributed by atoms with Crippen molar-refractivity contribution in [3.8, 4) is 5.75 Å². The summed E-state index contributed by atoms with van der Waals surface area (Å²) in [4.78, 5) is 27.9. The molecule has 2 amide bonds. The Kier molecular flexibility index (Phi) is 9.09. The summed E-state index contributed by atoms with van der Waals surface area (Å²) in [6, 6.07) is 11.6. The van der Waals surface area contributed by atoms with Gasteiger partial charge >= 0.3 is 0 Å². The van der Waals surface area contributed by atoms with Crippen molar-refractivity contribution in [3.05, 3.63) is 63.1 Å². The lowest BCUT2D eigenvalue weighted by atomic mass is 10.1. The molecule has 2 aromatic carbocycles. The molecule has 172 valence electrons. The third kappa shape index (κ3) is 6.53. The molecule has 1 atom stereocenters. The van der Waals surface area contributed by atoms with Crippen molar-refractivity contribution in [2.24, 2.45) is 0 Å². The lowest BCUT2D eigenvalue weighted by molar-refractivity contribution is -0.143. The zero-order chi connectivity index (χ0) is 23.1. The van der Waals surface area contributed by atoms with Gasteiger partial charge in [-0.25, -0.2) is 0 Å².